The summed E-state index contributed by atoms with van der Waals surface area (Å²) in [7, 11) is 0. The van der Waals surface area contributed by atoms with Gasteiger partial charge in [-0.15, -0.1) is 0 Å². The van der Waals surface area contributed by atoms with Gasteiger partial charge in [0, 0.05) is 20.8 Å². The molecule has 1 saturated heterocycles. The second kappa shape index (κ2) is 11.4. The van der Waals surface area contributed by atoms with E-state index in [0.717, 1.165) is 23.1 Å². The lowest BCUT2D eigenvalue weighted by molar-refractivity contribution is -0.166. The minimum Gasteiger partial charge on any atom is -0.463 e. The van der Waals surface area contributed by atoms with Crippen molar-refractivity contribution in [1.29, 1.82) is 0 Å². The Balaban J connectivity index is 1.48. The van der Waals surface area contributed by atoms with Crippen molar-refractivity contribution in [2.45, 2.75) is 51.7 Å². The fourth-order valence-corrected chi connectivity index (χ4v) is 5.79. The molecule has 0 bridgehead atoms. The van der Waals surface area contributed by atoms with Crippen molar-refractivity contribution in [3.63, 3.8) is 0 Å². The molecule has 1 aliphatic carbocycles. The molecule has 226 valence electrons. The van der Waals surface area contributed by atoms with Gasteiger partial charge in [0.25, 0.3) is 5.56 Å². The first-order valence-corrected chi connectivity index (χ1v) is 13.9. The summed E-state index contributed by atoms with van der Waals surface area (Å²) in [5.74, 6) is -1.88. The number of carbonyl (C=O) groups excluding carboxylic acids is 3. The first kappa shape index (κ1) is 28.8. The first-order chi connectivity index (χ1) is 21.1. The minimum atomic E-state index is -1.22. The molecule has 13 nitrogen and oxygen atoms in total. The summed E-state index contributed by atoms with van der Waals surface area (Å²) in [5.41, 5.74) is 10.9. The van der Waals surface area contributed by atoms with Crippen LogP contribution in [-0.2, 0) is 39.8 Å². The lowest BCUT2D eigenvalue weighted by atomic mass is 10.0. The van der Waals surface area contributed by atoms with Crippen LogP contribution in [0, 0.1) is 0 Å². The number of hydrogen-bond acceptors (Lipinski definition) is 11. The summed E-state index contributed by atoms with van der Waals surface area (Å²) in [5, 5.41) is 0. The van der Waals surface area contributed by atoms with Crippen molar-refractivity contribution in [2.75, 3.05) is 12.3 Å². The highest BCUT2D eigenvalue weighted by atomic mass is 16.7. The Labute approximate surface area is 250 Å². The van der Waals surface area contributed by atoms with Crippen molar-refractivity contribution < 1.29 is 33.3 Å². The lowest BCUT2D eigenvalue weighted by Gasteiger charge is -2.24. The highest BCUT2D eigenvalue weighted by Gasteiger charge is 2.51. The van der Waals surface area contributed by atoms with Gasteiger partial charge in [0.1, 0.15) is 18.5 Å². The number of H-pyrrole nitrogens is 1. The SMILES string of the molecule is CC(=O)OC[C@H]1O[C@@H](n2c(C=Cc3cccc4c3Cc3ccccc3-4)nc3c(=O)[nH]c(N)nc32)[C@H](OC(C)=O)[C@@H]1OC(C)=O. The summed E-state index contributed by atoms with van der Waals surface area (Å²) in [6.07, 6.45) is -0.290. The second-order valence-corrected chi connectivity index (χ2v) is 10.5. The maximum Gasteiger partial charge on any atom is 0.303 e. The van der Waals surface area contributed by atoms with Gasteiger partial charge >= 0.3 is 17.9 Å². The van der Waals surface area contributed by atoms with Crippen molar-refractivity contribution in [2.24, 2.45) is 0 Å². The van der Waals surface area contributed by atoms with Crippen molar-refractivity contribution >= 4 is 47.2 Å². The molecule has 0 unspecified atom stereocenters. The number of nitrogen functional groups attached to an aromatic ring is 1. The molecule has 3 heterocycles. The molecule has 1 aliphatic heterocycles. The minimum absolute atomic E-state index is 0.0396. The number of benzene rings is 2. The number of fused-ring (bicyclic) bond motifs is 4. The summed E-state index contributed by atoms with van der Waals surface area (Å²) in [4.78, 5) is 60.2. The number of anilines is 1. The number of hydrogen-bond donors (Lipinski definition) is 2. The van der Waals surface area contributed by atoms with Crippen LogP contribution in [0.25, 0.3) is 34.4 Å². The molecule has 3 N–H and O–H groups in total. The van der Waals surface area contributed by atoms with Gasteiger partial charge in [-0.05, 0) is 40.3 Å². The predicted octanol–water partition coefficient (Wildman–Crippen LogP) is 2.77. The van der Waals surface area contributed by atoms with Crippen LogP contribution in [0.5, 0.6) is 0 Å². The standard InChI is InChI=1S/C31H29N5O8/c1-15(37)41-14-23-26(42-16(2)38)27(43-17(3)39)30(44-23)36-24(33-25-28(36)34-31(32)35-29(25)40)12-11-18-8-6-10-21-20-9-5-4-7-19(20)13-22(18)21/h4-12,23,26-27,30H,13-14H2,1-3H3,(H3,32,34,35,40)/t23-,26-,27-,30-/m1/s1. The van der Waals surface area contributed by atoms with Crippen LogP contribution in [-0.4, -0.2) is 62.3 Å². The monoisotopic (exact) mass is 599 g/mol. The molecule has 0 spiro atoms. The highest BCUT2D eigenvalue weighted by molar-refractivity contribution is 5.84. The average molecular weight is 600 g/mol. The Bertz CT molecular complexity index is 1890. The molecule has 0 saturated carbocycles. The van der Waals surface area contributed by atoms with Crippen LogP contribution in [0.15, 0.2) is 47.3 Å². The molecule has 0 radical (unpaired) electrons. The maximum absolute atomic E-state index is 12.9. The molecule has 2 aromatic carbocycles. The van der Waals surface area contributed by atoms with E-state index in [1.807, 2.05) is 30.3 Å². The summed E-state index contributed by atoms with van der Waals surface area (Å²) < 4.78 is 24.0. The Hall–Kier alpha value is -5.30. The molecule has 6 rings (SSSR count). The molecule has 2 aromatic heterocycles. The van der Waals surface area contributed by atoms with E-state index in [4.69, 9.17) is 24.7 Å². The number of esters is 3. The molecular formula is C31H29N5O8. The predicted molar refractivity (Wildman–Crippen MR) is 158 cm³/mol. The third kappa shape index (κ3) is 5.33. The number of nitrogens with one attached hydrogen (secondary N) is 1. The number of aromatic nitrogens is 4. The van der Waals surface area contributed by atoms with E-state index in [0.29, 0.717) is 0 Å². The number of rotatable bonds is 7. The van der Waals surface area contributed by atoms with Crippen molar-refractivity contribution in [1.82, 2.24) is 19.5 Å². The van der Waals surface area contributed by atoms with Gasteiger partial charge in [-0.1, -0.05) is 48.5 Å². The third-order valence-corrected chi connectivity index (χ3v) is 7.49. The molecular weight excluding hydrogens is 570 g/mol. The largest absolute Gasteiger partial charge is 0.463 e. The van der Waals surface area contributed by atoms with Gasteiger partial charge in [0.2, 0.25) is 5.95 Å². The number of ether oxygens (including phenoxy) is 4. The van der Waals surface area contributed by atoms with Gasteiger partial charge in [-0.2, -0.15) is 4.98 Å². The Morgan fingerprint density at radius 2 is 1.70 bits per heavy atom. The zero-order chi connectivity index (χ0) is 31.1. The summed E-state index contributed by atoms with van der Waals surface area (Å²) in [6, 6.07) is 14.2. The van der Waals surface area contributed by atoms with Crippen LogP contribution in [0.3, 0.4) is 0 Å². The number of nitrogens with two attached hydrogens (primary N) is 1. The third-order valence-electron chi connectivity index (χ3n) is 7.49. The van der Waals surface area contributed by atoms with E-state index in [9.17, 15) is 19.2 Å². The smallest absolute Gasteiger partial charge is 0.303 e. The normalized spacial score (nSPS) is 20.4. The van der Waals surface area contributed by atoms with E-state index < -0.39 is 48.0 Å². The zero-order valence-corrected chi connectivity index (χ0v) is 24.1. The second-order valence-electron chi connectivity index (χ2n) is 10.5. The quantitative estimate of drug-likeness (QED) is 0.208. The van der Waals surface area contributed by atoms with Gasteiger partial charge in [-0.25, -0.2) is 4.98 Å². The van der Waals surface area contributed by atoms with Crippen LogP contribution in [0.2, 0.25) is 0 Å². The topological polar surface area (TPSA) is 178 Å². The maximum atomic E-state index is 12.9. The molecule has 44 heavy (non-hydrogen) atoms. The lowest BCUT2D eigenvalue weighted by Crippen LogP contribution is -2.40. The fraction of sp³-hybridized carbons (Fsp3) is 0.290. The van der Waals surface area contributed by atoms with Gasteiger partial charge in [0.15, 0.2) is 29.6 Å². The number of imidazole rings is 1. The molecule has 1 fully saturated rings. The Morgan fingerprint density at radius 1 is 0.977 bits per heavy atom. The molecule has 0 amide bonds. The molecule has 13 heteroatoms. The average Bonchev–Trinajstić information content (AvgIpc) is 3.62. The van der Waals surface area contributed by atoms with Crippen LogP contribution >= 0.6 is 0 Å². The summed E-state index contributed by atoms with van der Waals surface area (Å²) in [6.45, 7) is 3.32. The summed E-state index contributed by atoms with van der Waals surface area (Å²) >= 11 is 0. The highest BCUT2D eigenvalue weighted by Crippen LogP contribution is 2.40. The van der Waals surface area contributed by atoms with Crippen molar-refractivity contribution in [3.8, 4) is 11.1 Å². The Kier molecular flexibility index (Phi) is 7.47. The van der Waals surface area contributed by atoms with Crippen LogP contribution < -0.4 is 11.3 Å². The Morgan fingerprint density at radius 3 is 2.45 bits per heavy atom. The van der Waals surface area contributed by atoms with Crippen molar-refractivity contribution in [3.05, 3.63) is 75.3 Å². The van der Waals surface area contributed by atoms with E-state index in [1.54, 1.807) is 6.08 Å². The van der Waals surface area contributed by atoms with Crippen LogP contribution in [0.1, 0.15) is 49.5 Å². The van der Waals surface area contributed by atoms with Crippen LogP contribution in [0.4, 0.5) is 5.95 Å². The van der Waals surface area contributed by atoms with Gasteiger partial charge < -0.3 is 24.7 Å². The van der Waals surface area contributed by atoms with E-state index in [1.165, 1.54) is 36.5 Å². The fourth-order valence-electron chi connectivity index (χ4n) is 5.79. The zero-order valence-electron chi connectivity index (χ0n) is 24.1. The van der Waals surface area contributed by atoms with E-state index >= 15 is 0 Å². The molecule has 4 aromatic rings. The van der Waals surface area contributed by atoms with Gasteiger partial charge in [0.05, 0.1) is 0 Å². The first-order valence-electron chi connectivity index (χ1n) is 13.9. The number of nitrogens with zero attached hydrogens (tertiary/aromatic N) is 3. The van der Waals surface area contributed by atoms with E-state index in [2.05, 4.69) is 33.2 Å². The number of carbonyl (C=O) groups is 3. The van der Waals surface area contributed by atoms with Gasteiger partial charge in [-0.3, -0.25) is 28.7 Å². The molecule has 2 aliphatic rings. The molecule has 4 atom stereocenters. The number of aromatic amines is 1. The van der Waals surface area contributed by atoms with E-state index in [-0.39, 0.29) is 29.5 Å².